The Morgan fingerprint density at radius 2 is 1.94 bits per heavy atom. The Morgan fingerprint density at radius 3 is 2.59 bits per heavy atom. The number of hydrogen-bond donors (Lipinski definition) is 2. The van der Waals surface area contributed by atoms with Gasteiger partial charge in [0.2, 0.25) is 5.79 Å². The summed E-state index contributed by atoms with van der Waals surface area (Å²) in [6.45, 7) is 8.77. The van der Waals surface area contributed by atoms with Crippen molar-refractivity contribution in [1.82, 2.24) is 0 Å². The van der Waals surface area contributed by atoms with E-state index in [-0.39, 0.29) is 30.8 Å². The molecular weight excluding hydrogens is 416 g/mol. The van der Waals surface area contributed by atoms with E-state index in [0.717, 1.165) is 6.42 Å². The third kappa shape index (κ3) is 2.36. The van der Waals surface area contributed by atoms with E-state index in [0.29, 0.717) is 31.3 Å². The molecule has 4 saturated carbocycles. The van der Waals surface area contributed by atoms with Crippen molar-refractivity contribution >= 4 is 17.7 Å². The van der Waals surface area contributed by atoms with Crippen LogP contribution in [0.2, 0.25) is 0 Å². The summed E-state index contributed by atoms with van der Waals surface area (Å²) in [5.41, 5.74) is -2.39. The highest BCUT2D eigenvalue weighted by molar-refractivity contribution is 6.04. The molecule has 0 unspecified atom stereocenters. The monoisotopic (exact) mass is 448 g/mol. The van der Waals surface area contributed by atoms with Crippen LogP contribution >= 0.6 is 0 Å². The molecule has 6 aliphatic rings. The van der Waals surface area contributed by atoms with E-state index in [1.54, 1.807) is 0 Å². The minimum absolute atomic E-state index is 0.0454. The highest BCUT2D eigenvalue weighted by Gasteiger charge is 2.85. The maximum absolute atomic E-state index is 13.6. The van der Waals surface area contributed by atoms with E-state index in [1.807, 2.05) is 6.92 Å². The summed E-state index contributed by atoms with van der Waals surface area (Å²) < 4.78 is 17.3. The third-order valence-corrected chi connectivity index (χ3v) is 9.52. The Morgan fingerprint density at radius 1 is 1.22 bits per heavy atom. The van der Waals surface area contributed by atoms with Crippen molar-refractivity contribution in [2.75, 3.05) is 13.2 Å². The van der Waals surface area contributed by atoms with Crippen LogP contribution in [0.5, 0.6) is 0 Å². The van der Waals surface area contributed by atoms with Crippen molar-refractivity contribution < 1.29 is 38.8 Å². The van der Waals surface area contributed by atoms with Gasteiger partial charge >= 0.3 is 11.9 Å². The fourth-order valence-corrected chi connectivity index (χ4v) is 8.42. The van der Waals surface area contributed by atoms with Gasteiger partial charge in [-0.05, 0) is 49.5 Å². The van der Waals surface area contributed by atoms with Gasteiger partial charge in [-0.2, -0.15) is 0 Å². The van der Waals surface area contributed by atoms with Crippen LogP contribution in [0, 0.1) is 34.0 Å². The molecule has 8 nitrogen and oxygen atoms in total. The molecule has 32 heavy (non-hydrogen) atoms. The Balaban J connectivity index is 1.70. The molecule has 2 spiro atoms. The molecule has 2 heterocycles. The smallest absolute Gasteiger partial charge is 0.302 e. The Hall–Kier alpha value is -1.77. The summed E-state index contributed by atoms with van der Waals surface area (Å²) in [4.78, 5) is 37.3. The van der Waals surface area contributed by atoms with Gasteiger partial charge in [0.15, 0.2) is 5.78 Å². The van der Waals surface area contributed by atoms with Gasteiger partial charge in [0.1, 0.15) is 12.2 Å². The maximum Gasteiger partial charge on any atom is 0.302 e. The van der Waals surface area contributed by atoms with E-state index >= 15 is 0 Å². The van der Waals surface area contributed by atoms with E-state index in [1.165, 1.54) is 13.8 Å². The number of rotatable bonds is 3. The molecule has 2 saturated heterocycles. The fourth-order valence-electron chi connectivity index (χ4n) is 8.42. The molecular formula is C24H32O8. The molecule has 4 aliphatic carbocycles. The summed E-state index contributed by atoms with van der Waals surface area (Å²) in [7, 11) is 0. The summed E-state index contributed by atoms with van der Waals surface area (Å²) in [5.74, 6) is -4.13. The first kappa shape index (κ1) is 22.0. The average molecular weight is 449 g/mol. The summed E-state index contributed by atoms with van der Waals surface area (Å²) in [5, 5.41) is 23.6. The largest absolute Gasteiger partial charge is 0.465 e. The van der Waals surface area contributed by atoms with Crippen LogP contribution < -0.4 is 0 Å². The lowest BCUT2D eigenvalue weighted by atomic mass is 9.36. The molecule has 6 fully saturated rings. The number of ketones is 1. The SMILES string of the molecule is C=C1C(=O)[C@]23C[C@H]1CC[C@H]2[C@@]12CO[C@]3(O)[C@@H](O)[C@@H]1[C@](C)(COC(C)=O)CC[C@@H]2OC(C)=O. The standard InChI is InChI=1S/C24H32O8/c1-12-15-5-6-16-22-11-31-24(29,23(16,9-15)19(12)27)20(28)18(22)21(4,10-30-13(2)25)8-7-17(22)32-14(3)26/h15-18,20,28-29H,1,5-11H2,2-4H3/t15-,16+,17+,18-,20+,21+,22-,23+,24-/m1/s1. The van der Waals surface area contributed by atoms with Crippen molar-refractivity contribution in [3.63, 3.8) is 0 Å². The van der Waals surface area contributed by atoms with Crippen LogP contribution in [-0.4, -0.2) is 59.1 Å². The van der Waals surface area contributed by atoms with Crippen LogP contribution in [0.25, 0.3) is 0 Å². The number of esters is 2. The van der Waals surface area contributed by atoms with Crippen LogP contribution in [0.4, 0.5) is 0 Å². The Labute approximate surface area is 187 Å². The first-order valence-corrected chi connectivity index (χ1v) is 11.5. The van der Waals surface area contributed by atoms with Crippen molar-refractivity contribution in [2.24, 2.45) is 34.0 Å². The minimum Gasteiger partial charge on any atom is -0.465 e. The number of aliphatic hydroxyl groups is 2. The predicted octanol–water partition coefficient (Wildman–Crippen LogP) is 1.52. The second-order valence-corrected chi connectivity index (χ2v) is 10.9. The van der Waals surface area contributed by atoms with Crippen LogP contribution in [0.1, 0.15) is 52.9 Å². The van der Waals surface area contributed by atoms with Crippen molar-refractivity contribution in [2.45, 2.75) is 70.9 Å². The molecule has 176 valence electrons. The van der Waals surface area contributed by atoms with E-state index in [4.69, 9.17) is 14.2 Å². The number of fused-ring (bicyclic) bond motifs is 2. The van der Waals surface area contributed by atoms with Crippen molar-refractivity contribution in [3.8, 4) is 0 Å². The van der Waals surface area contributed by atoms with Gasteiger partial charge in [-0.15, -0.1) is 0 Å². The molecule has 0 radical (unpaired) electrons. The van der Waals surface area contributed by atoms with Crippen molar-refractivity contribution in [3.05, 3.63) is 12.2 Å². The zero-order chi connectivity index (χ0) is 23.3. The molecule has 4 bridgehead atoms. The van der Waals surface area contributed by atoms with E-state index < -0.39 is 52.1 Å². The normalized spacial score (nSPS) is 51.1. The van der Waals surface area contributed by atoms with Gasteiger partial charge in [-0.3, -0.25) is 14.4 Å². The highest BCUT2D eigenvalue weighted by atomic mass is 16.6. The zero-order valence-corrected chi connectivity index (χ0v) is 18.9. The molecule has 0 aromatic rings. The number of ether oxygens (including phenoxy) is 3. The highest BCUT2D eigenvalue weighted by Crippen LogP contribution is 2.76. The van der Waals surface area contributed by atoms with Crippen LogP contribution in [0.15, 0.2) is 12.2 Å². The zero-order valence-electron chi connectivity index (χ0n) is 18.9. The maximum atomic E-state index is 13.6. The second kappa shape index (κ2) is 6.64. The van der Waals surface area contributed by atoms with Gasteiger partial charge in [0.05, 0.1) is 18.6 Å². The van der Waals surface area contributed by atoms with Gasteiger partial charge in [0, 0.05) is 30.6 Å². The van der Waals surface area contributed by atoms with Crippen molar-refractivity contribution in [1.29, 1.82) is 0 Å². The first-order valence-electron chi connectivity index (χ1n) is 11.5. The van der Waals surface area contributed by atoms with Crippen LogP contribution in [0.3, 0.4) is 0 Å². The Bertz CT molecular complexity index is 914. The lowest BCUT2D eigenvalue weighted by molar-refractivity contribution is -0.450. The second-order valence-electron chi connectivity index (χ2n) is 10.9. The van der Waals surface area contributed by atoms with Gasteiger partial charge in [0.25, 0.3) is 0 Å². The summed E-state index contributed by atoms with van der Waals surface area (Å²) in [6.07, 6.45) is 0.825. The quantitative estimate of drug-likeness (QED) is 0.493. The minimum atomic E-state index is -2.06. The van der Waals surface area contributed by atoms with E-state index in [9.17, 15) is 24.6 Å². The predicted molar refractivity (Wildman–Crippen MR) is 110 cm³/mol. The fraction of sp³-hybridized carbons (Fsp3) is 0.792. The average Bonchev–Trinajstić information content (AvgIpc) is 2.92. The Kier molecular flexibility index (Phi) is 4.57. The number of allylic oxidation sites excluding steroid dienone is 1. The summed E-state index contributed by atoms with van der Waals surface area (Å²) in [6, 6.07) is 0. The molecule has 6 rings (SSSR count). The number of carbonyl (C=O) groups is 3. The molecule has 0 aromatic heterocycles. The number of aliphatic hydroxyl groups excluding tert-OH is 1. The lowest BCUT2D eigenvalue weighted by Gasteiger charge is -2.74. The third-order valence-electron chi connectivity index (χ3n) is 9.52. The molecule has 2 aliphatic heterocycles. The lowest BCUT2D eigenvalue weighted by Crippen LogP contribution is -2.84. The topological polar surface area (TPSA) is 119 Å². The molecule has 8 heteroatoms. The number of hydrogen-bond acceptors (Lipinski definition) is 8. The molecule has 9 atom stereocenters. The summed E-state index contributed by atoms with van der Waals surface area (Å²) >= 11 is 0. The molecule has 0 amide bonds. The van der Waals surface area contributed by atoms with Gasteiger partial charge in [-0.25, -0.2) is 0 Å². The van der Waals surface area contributed by atoms with E-state index in [2.05, 4.69) is 6.58 Å². The first-order chi connectivity index (χ1) is 14.9. The van der Waals surface area contributed by atoms with Crippen LogP contribution in [-0.2, 0) is 28.6 Å². The number of Topliss-reactive ketones (excluding diaryl/α,β-unsaturated/α-hetero) is 1. The van der Waals surface area contributed by atoms with Gasteiger partial charge < -0.3 is 24.4 Å². The van der Waals surface area contributed by atoms with Gasteiger partial charge in [-0.1, -0.05) is 13.5 Å². The number of carbonyl (C=O) groups excluding carboxylic acids is 3. The molecule has 0 aromatic carbocycles. The molecule has 2 N–H and O–H groups in total.